The van der Waals surface area contributed by atoms with Gasteiger partial charge in [-0.1, -0.05) is 11.6 Å². The smallest absolute Gasteiger partial charge is 0.275 e. The molecular formula is C14H20ClN3O3. The molecule has 0 radical (unpaired) electrons. The molecule has 1 aromatic carbocycles. The zero-order valence-corrected chi connectivity index (χ0v) is 12.6. The maximum absolute atomic E-state index is 11.0. The van der Waals surface area contributed by atoms with Gasteiger partial charge in [-0.05, 0) is 31.6 Å². The normalized spacial score (nSPS) is 16.0. The Kier molecular flexibility index (Phi) is 6.38. The van der Waals surface area contributed by atoms with Crippen LogP contribution in [0.3, 0.4) is 0 Å². The van der Waals surface area contributed by atoms with Crippen molar-refractivity contribution in [1.29, 1.82) is 0 Å². The lowest BCUT2D eigenvalue weighted by Crippen LogP contribution is -2.37. The van der Waals surface area contributed by atoms with Crippen LogP contribution in [-0.4, -0.2) is 49.2 Å². The molecule has 0 atom stereocenters. The molecule has 1 saturated heterocycles. The van der Waals surface area contributed by atoms with Crippen molar-refractivity contribution in [2.45, 2.75) is 13.0 Å². The first-order chi connectivity index (χ1) is 10.2. The van der Waals surface area contributed by atoms with Gasteiger partial charge in [0.2, 0.25) is 0 Å². The van der Waals surface area contributed by atoms with Crippen LogP contribution >= 0.6 is 11.6 Å². The molecule has 0 amide bonds. The van der Waals surface area contributed by atoms with Crippen LogP contribution in [0.15, 0.2) is 18.2 Å². The third-order valence-corrected chi connectivity index (χ3v) is 3.73. The summed E-state index contributed by atoms with van der Waals surface area (Å²) in [5, 5.41) is 14.6. The molecule has 0 aromatic heterocycles. The maximum atomic E-state index is 11.0. The summed E-state index contributed by atoms with van der Waals surface area (Å²) in [7, 11) is 0. The van der Waals surface area contributed by atoms with Crippen molar-refractivity contribution in [2.75, 3.05) is 39.4 Å². The van der Waals surface area contributed by atoms with Crippen LogP contribution in [0.5, 0.6) is 0 Å². The fraction of sp³-hybridized carbons (Fsp3) is 0.571. The number of halogens is 1. The van der Waals surface area contributed by atoms with Crippen LogP contribution < -0.4 is 5.32 Å². The average molecular weight is 314 g/mol. The van der Waals surface area contributed by atoms with Crippen molar-refractivity contribution in [2.24, 2.45) is 0 Å². The molecule has 0 unspecified atom stereocenters. The number of rotatable bonds is 7. The highest BCUT2D eigenvalue weighted by Crippen LogP contribution is 2.22. The minimum atomic E-state index is -0.392. The van der Waals surface area contributed by atoms with E-state index in [1.165, 1.54) is 6.07 Å². The molecule has 2 rings (SSSR count). The van der Waals surface area contributed by atoms with E-state index >= 15 is 0 Å². The number of nitro groups is 1. The van der Waals surface area contributed by atoms with Crippen LogP contribution in [0.4, 0.5) is 5.69 Å². The summed E-state index contributed by atoms with van der Waals surface area (Å²) in [6.07, 6.45) is 1.02. The molecule has 1 aromatic rings. The number of nitrogens with one attached hydrogen (secondary N) is 1. The molecule has 7 heteroatoms. The first-order valence-electron chi connectivity index (χ1n) is 7.10. The summed E-state index contributed by atoms with van der Waals surface area (Å²) in [5.74, 6) is 0. The molecule has 0 spiro atoms. The Morgan fingerprint density at radius 2 is 2.14 bits per heavy atom. The molecule has 21 heavy (non-hydrogen) atoms. The largest absolute Gasteiger partial charge is 0.379 e. The van der Waals surface area contributed by atoms with Crippen molar-refractivity contribution in [1.82, 2.24) is 10.2 Å². The third kappa shape index (κ3) is 5.24. The summed E-state index contributed by atoms with van der Waals surface area (Å²) in [6.45, 7) is 5.94. The van der Waals surface area contributed by atoms with Gasteiger partial charge in [-0.2, -0.15) is 0 Å². The topological polar surface area (TPSA) is 67.6 Å². The van der Waals surface area contributed by atoms with Crippen molar-refractivity contribution in [3.63, 3.8) is 0 Å². The van der Waals surface area contributed by atoms with Gasteiger partial charge in [0.25, 0.3) is 5.69 Å². The van der Waals surface area contributed by atoms with E-state index in [0.717, 1.165) is 45.8 Å². The van der Waals surface area contributed by atoms with E-state index in [1.54, 1.807) is 12.1 Å². The van der Waals surface area contributed by atoms with Gasteiger partial charge in [-0.3, -0.25) is 15.0 Å². The molecule has 1 aliphatic heterocycles. The Balaban J connectivity index is 1.72. The lowest BCUT2D eigenvalue weighted by atomic mass is 10.2. The lowest BCUT2D eigenvalue weighted by molar-refractivity contribution is -0.385. The molecule has 1 fully saturated rings. The summed E-state index contributed by atoms with van der Waals surface area (Å²) < 4.78 is 5.30. The van der Waals surface area contributed by atoms with Crippen molar-refractivity contribution in [3.8, 4) is 0 Å². The third-order valence-electron chi connectivity index (χ3n) is 3.49. The quantitative estimate of drug-likeness (QED) is 0.474. The Hall–Kier alpha value is -1.21. The predicted octanol–water partition coefficient (Wildman–Crippen LogP) is 2.06. The van der Waals surface area contributed by atoms with Gasteiger partial charge in [0.1, 0.15) is 0 Å². The van der Waals surface area contributed by atoms with Crippen LogP contribution in [0, 0.1) is 10.1 Å². The summed E-state index contributed by atoms with van der Waals surface area (Å²) >= 11 is 5.79. The van der Waals surface area contributed by atoms with Crippen molar-refractivity contribution < 1.29 is 9.66 Å². The summed E-state index contributed by atoms with van der Waals surface area (Å²) in [6, 6.07) is 4.78. The van der Waals surface area contributed by atoms with Crippen LogP contribution in [0.1, 0.15) is 12.0 Å². The fourth-order valence-electron chi connectivity index (χ4n) is 2.33. The average Bonchev–Trinajstić information content (AvgIpc) is 2.49. The van der Waals surface area contributed by atoms with Crippen LogP contribution in [0.25, 0.3) is 0 Å². The standard InChI is InChI=1S/C14H20ClN3O3/c15-13-3-2-12(14(10-13)18(19)20)11-16-4-1-5-17-6-8-21-9-7-17/h2-3,10,16H,1,4-9,11H2. The molecule has 0 aliphatic carbocycles. The highest BCUT2D eigenvalue weighted by molar-refractivity contribution is 6.30. The number of ether oxygens (including phenoxy) is 1. The number of nitro benzene ring substituents is 1. The maximum Gasteiger partial charge on any atom is 0.275 e. The second kappa shape index (κ2) is 8.29. The Morgan fingerprint density at radius 1 is 1.38 bits per heavy atom. The van der Waals surface area contributed by atoms with E-state index in [2.05, 4.69) is 10.2 Å². The Morgan fingerprint density at radius 3 is 2.86 bits per heavy atom. The van der Waals surface area contributed by atoms with Gasteiger partial charge in [0.05, 0.1) is 18.1 Å². The molecule has 116 valence electrons. The van der Waals surface area contributed by atoms with Gasteiger partial charge in [-0.25, -0.2) is 0 Å². The molecule has 1 heterocycles. The molecule has 1 aliphatic rings. The van der Waals surface area contributed by atoms with Crippen LogP contribution in [0.2, 0.25) is 5.02 Å². The van der Waals surface area contributed by atoms with Gasteiger partial charge >= 0.3 is 0 Å². The van der Waals surface area contributed by atoms with E-state index in [0.29, 0.717) is 17.1 Å². The predicted molar refractivity (Wildman–Crippen MR) is 81.7 cm³/mol. The zero-order valence-electron chi connectivity index (χ0n) is 11.9. The molecule has 1 N–H and O–H groups in total. The summed E-state index contributed by atoms with van der Waals surface area (Å²) in [4.78, 5) is 12.9. The first kappa shape index (κ1) is 16.2. The van der Waals surface area contributed by atoms with Gasteiger partial charge in [0, 0.05) is 36.3 Å². The second-order valence-corrected chi connectivity index (χ2v) is 5.45. The molecule has 0 bridgehead atoms. The molecular weight excluding hydrogens is 294 g/mol. The summed E-state index contributed by atoms with van der Waals surface area (Å²) in [5.41, 5.74) is 0.735. The fourth-order valence-corrected chi connectivity index (χ4v) is 2.50. The van der Waals surface area contributed by atoms with Gasteiger partial charge < -0.3 is 10.1 Å². The highest BCUT2D eigenvalue weighted by atomic mass is 35.5. The van der Waals surface area contributed by atoms with E-state index in [-0.39, 0.29) is 5.69 Å². The monoisotopic (exact) mass is 313 g/mol. The Labute approximate surface area is 129 Å². The number of hydrogen-bond donors (Lipinski definition) is 1. The van der Waals surface area contributed by atoms with Crippen molar-refractivity contribution >= 4 is 17.3 Å². The number of hydrogen-bond acceptors (Lipinski definition) is 5. The number of benzene rings is 1. The first-order valence-corrected chi connectivity index (χ1v) is 7.48. The lowest BCUT2D eigenvalue weighted by Gasteiger charge is -2.26. The van der Waals surface area contributed by atoms with Gasteiger partial charge in [-0.15, -0.1) is 0 Å². The minimum Gasteiger partial charge on any atom is -0.379 e. The zero-order chi connectivity index (χ0) is 15.1. The van der Waals surface area contributed by atoms with Crippen molar-refractivity contribution in [3.05, 3.63) is 38.9 Å². The van der Waals surface area contributed by atoms with E-state index in [4.69, 9.17) is 16.3 Å². The highest BCUT2D eigenvalue weighted by Gasteiger charge is 2.14. The minimum absolute atomic E-state index is 0.0724. The van der Waals surface area contributed by atoms with E-state index < -0.39 is 4.92 Å². The van der Waals surface area contributed by atoms with Gasteiger partial charge in [0.15, 0.2) is 0 Å². The SMILES string of the molecule is O=[N+]([O-])c1cc(Cl)ccc1CNCCCN1CCOCC1. The van der Waals surface area contributed by atoms with E-state index in [9.17, 15) is 10.1 Å². The molecule has 0 saturated carbocycles. The number of morpholine rings is 1. The molecule has 6 nitrogen and oxygen atoms in total. The van der Waals surface area contributed by atoms with E-state index in [1.807, 2.05) is 0 Å². The Bertz CT molecular complexity index is 479. The number of nitrogens with zero attached hydrogens (tertiary/aromatic N) is 2. The van der Waals surface area contributed by atoms with Crippen LogP contribution in [-0.2, 0) is 11.3 Å². The second-order valence-electron chi connectivity index (χ2n) is 5.01.